The highest BCUT2D eigenvalue weighted by molar-refractivity contribution is 5.59. The molecule has 3 aromatic rings. The van der Waals surface area contributed by atoms with Gasteiger partial charge < -0.3 is 9.26 Å². The van der Waals surface area contributed by atoms with Crippen LogP contribution in [0.15, 0.2) is 44.9 Å². The van der Waals surface area contributed by atoms with Crippen LogP contribution in [0.1, 0.15) is 48.2 Å². The SMILES string of the molecule is C/C=N\c1ncn(Cc2nc(C3CO[C@@H](c4ccccc4F)C3)no2)c(=O)c1C. The predicted molar refractivity (Wildman–Crippen MR) is 103 cm³/mol. The average molecular weight is 397 g/mol. The molecule has 0 N–H and O–H groups in total. The van der Waals surface area contributed by atoms with Gasteiger partial charge in [-0.05, 0) is 26.3 Å². The molecule has 0 spiro atoms. The van der Waals surface area contributed by atoms with Crippen LogP contribution in [-0.4, -0.2) is 32.5 Å². The van der Waals surface area contributed by atoms with Gasteiger partial charge in [-0.1, -0.05) is 23.4 Å². The fraction of sp³-hybridized carbons (Fsp3) is 0.350. The number of aliphatic imine (C=N–C) groups is 1. The first kappa shape index (κ1) is 19.1. The number of aromatic nitrogens is 4. The highest BCUT2D eigenvalue weighted by atomic mass is 19.1. The molecule has 1 unspecified atom stereocenters. The van der Waals surface area contributed by atoms with Gasteiger partial charge in [-0.3, -0.25) is 9.36 Å². The lowest BCUT2D eigenvalue weighted by molar-refractivity contribution is 0.107. The number of hydrogen-bond acceptors (Lipinski definition) is 7. The molecule has 150 valence electrons. The molecule has 3 heterocycles. The van der Waals surface area contributed by atoms with E-state index in [1.165, 1.54) is 17.0 Å². The molecular weight excluding hydrogens is 377 g/mol. The molecule has 9 heteroatoms. The van der Waals surface area contributed by atoms with Gasteiger partial charge in [0.1, 0.15) is 18.7 Å². The van der Waals surface area contributed by atoms with Crippen LogP contribution in [0.2, 0.25) is 0 Å². The molecule has 1 saturated heterocycles. The standard InChI is InChI=1S/C20H20FN5O3/c1-3-22-18-12(2)20(27)26(11-23-18)9-17-24-19(25-29-17)13-8-16(28-10-13)14-6-4-5-7-15(14)21/h3-7,11,13,16H,8-10H2,1-2H3/b22-3-/t13?,16-/m1/s1. The first-order chi connectivity index (χ1) is 14.1. The second-order valence-corrected chi connectivity index (χ2v) is 6.84. The molecule has 2 atom stereocenters. The second-order valence-electron chi connectivity index (χ2n) is 6.84. The van der Waals surface area contributed by atoms with E-state index in [1.807, 2.05) is 0 Å². The minimum absolute atomic E-state index is 0.102. The summed E-state index contributed by atoms with van der Waals surface area (Å²) >= 11 is 0. The molecule has 1 aromatic carbocycles. The lowest BCUT2D eigenvalue weighted by Crippen LogP contribution is -2.23. The molecule has 1 aliphatic rings. The summed E-state index contributed by atoms with van der Waals surface area (Å²) in [4.78, 5) is 25.1. The van der Waals surface area contributed by atoms with Crippen LogP contribution in [0.5, 0.6) is 0 Å². The molecule has 1 aliphatic heterocycles. The van der Waals surface area contributed by atoms with Crippen molar-refractivity contribution < 1.29 is 13.7 Å². The Kier molecular flexibility index (Phi) is 5.30. The van der Waals surface area contributed by atoms with E-state index in [2.05, 4.69) is 20.1 Å². The highest BCUT2D eigenvalue weighted by Gasteiger charge is 2.32. The molecule has 4 rings (SSSR count). The summed E-state index contributed by atoms with van der Waals surface area (Å²) in [6.07, 6.45) is 3.21. The Morgan fingerprint density at radius 2 is 2.21 bits per heavy atom. The zero-order valence-corrected chi connectivity index (χ0v) is 16.1. The Morgan fingerprint density at radius 1 is 1.38 bits per heavy atom. The Balaban J connectivity index is 1.48. The summed E-state index contributed by atoms with van der Waals surface area (Å²) in [5, 5.41) is 4.02. The van der Waals surface area contributed by atoms with Crippen molar-refractivity contribution in [2.24, 2.45) is 4.99 Å². The molecule has 1 fully saturated rings. The third-order valence-electron chi connectivity index (χ3n) is 4.89. The van der Waals surface area contributed by atoms with Crippen LogP contribution in [0.4, 0.5) is 10.2 Å². The van der Waals surface area contributed by atoms with Crippen molar-refractivity contribution in [2.45, 2.75) is 38.8 Å². The third kappa shape index (κ3) is 3.86. The number of rotatable bonds is 5. The largest absolute Gasteiger partial charge is 0.373 e. The molecule has 0 saturated carbocycles. The first-order valence-corrected chi connectivity index (χ1v) is 9.30. The smallest absolute Gasteiger partial charge is 0.258 e. The maximum Gasteiger partial charge on any atom is 0.258 e. The number of hydrogen-bond donors (Lipinski definition) is 0. The van der Waals surface area contributed by atoms with Crippen molar-refractivity contribution >= 4 is 12.0 Å². The van der Waals surface area contributed by atoms with E-state index in [9.17, 15) is 9.18 Å². The molecule has 29 heavy (non-hydrogen) atoms. The zero-order valence-electron chi connectivity index (χ0n) is 16.1. The van der Waals surface area contributed by atoms with Crippen LogP contribution in [0.25, 0.3) is 0 Å². The minimum atomic E-state index is -0.343. The number of benzene rings is 1. The normalized spacial score (nSPS) is 19.3. The molecule has 0 aliphatic carbocycles. The Bertz CT molecular complexity index is 1110. The van der Waals surface area contributed by atoms with Gasteiger partial charge in [0.15, 0.2) is 11.6 Å². The monoisotopic (exact) mass is 397 g/mol. The first-order valence-electron chi connectivity index (χ1n) is 9.30. The molecule has 0 amide bonds. The van der Waals surface area contributed by atoms with Crippen LogP contribution < -0.4 is 5.56 Å². The van der Waals surface area contributed by atoms with E-state index >= 15 is 0 Å². The fourth-order valence-corrected chi connectivity index (χ4v) is 3.35. The maximum absolute atomic E-state index is 14.0. The topological polar surface area (TPSA) is 95.4 Å². The average Bonchev–Trinajstić information content (AvgIpc) is 3.38. The number of nitrogens with zero attached hydrogens (tertiary/aromatic N) is 5. The third-order valence-corrected chi connectivity index (χ3v) is 4.89. The predicted octanol–water partition coefficient (Wildman–Crippen LogP) is 3.09. The summed E-state index contributed by atoms with van der Waals surface area (Å²) < 4.78 is 26.4. The van der Waals surface area contributed by atoms with Crippen molar-refractivity contribution in [3.63, 3.8) is 0 Å². The van der Waals surface area contributed by atoms with Gasteiger partial charge in [-0.25, -0.2) is 14.4 Å². The summed E-state index contributed by atoms with van der Waals surface area (Å²) in [6, 6.07) is 6.57. The number of ether oxygens (including phenoxy) is 1. The summed E-state index contributed by atoms with van der Waals surface area (Å²) in [6.45, 7) is 3.92. The molecule has 0 bridgehead atoms. The van der Waals surface area contributed by atoms with Gasteiger partial charge in [0, 0.05) is 17.7 Å². The summed E-state index contributed by atoms with van der Waals surface area (Å²) in [5.41, 5.74) is 0.757. The Hall–Kier alpha value is -3.20. The quantitative estimate of drug-likeness (QED) is 0.614. The van der Waals surface area contributed by atoms with Crippen molar-refractivity contribution in [3.05, 3.63) is 69.6 Å². The fourth-order valence-electron chi connectivity index (χ4n) is 3.35. The van der Waals surface area contributed by atoms with E-state index in [4.69, 9.17) is 9.26 Å². The second kappa shape index (κ2) is 8.04. The van der Waals surface area contributed by atoms with Crippen molar-refractivity contribution in [3.8, 4) is 0 Å². The summed E-state index contributed by atoms with van der Waals surface area (Å²) in [5.74, 6) is 0.787. The zero-order chi connectivity index (χ0) is 20.4. The van der Waals surface area contributed by atoms with Crippen molar-refractivity contribution in [2.75, 3.05) is 6.61 Å². The van der Waals surface area contributed by atoms with E-state index in [-0.39, 0.29) is 29.9 Å². The van der Waals surface area contributed by atoms with Gasteiger partial charge in [-0.2, -0.15) is 4.98 Å². The van der Waals surface area contributed by atoms with Crippen LogP contribution in [-0.2, 0) is 11.3 Å². The maximum atomic E-state index is 14.0. The Morgan fingerprint density at radius 3 is 3.00 bits per heavy atom. The van der Waals surface area contributed by atoms with Crippen LogP contribution in [0.3, 0.4) is 0 Å². The van der Waals surface area contributed by atoms with Crippen LogP contribution in [0, 0.1) is 12.7 Å². The lowest BCUT2D eigenvalue weighted by atomic mass is 10.00. The van der Waals surface area contributed by atoms with Gasteiger partial charge in [0.2, 0.25) is 5.89 Å². The van der Waals surface area contributed by atoms with E-state index in [0.717, 1.165) is 0 Å². The molecule has 8 nitrogen and oxygen atoms in total. The summed E-state index contributed by atoms with van der Waals surface area (Å²) in [7, 11) is 0. The lowest BCUT2D eigenvalue weighted by Gasteiger charge is -2.10. The van der Waals surface area contributed by atoms with Crippen molar-refractivity contribution in [1.82, 2.24) is 19.7 Å². The van der Waals surface area contributed by atoms with Gasteiger partial charge >= 0.3 is 0 Å². The molecular formula is C20H20FN5O3. The van der Waals surface area contributed by atoms with Gasteiger partial charge in [0.25, 0.3) is 5.56 Å². The molecule has 2 aromatic heterocycles. The van der Waals surface area contributed by atoms with Crippen molar-refractivity contribution in [1.29, 1.82) is 0 Å². The minimum Gasteiger partial charge on any atom is -0.373 e. The van der Waals surface area contributed by atoms with E-state index in [1.54, 1.807) is 38.3 Å². The Labute approximate surface area is 166 Å². The van der Waals surface area contributed by atoms with E-state index < -0.39 is 0 Å². The van der Waals surface area contributed by atoms with Gasteiger partial charge in [-0.15, -0.1) is 0 Å². The van der Waals surface area contributed by atoms with Crippen LogP contribution >= 0.6 is 0 Å². The van der Waals surface area contributed by atoms with E-state index in [0.29, 0.717) is 41.7 Å². The molecule has 0 radical (unpaired) electrons. The number of halogens is 1. The highest BCUT2D eigenvalue weighted by Crippen LogP contribution is 2.37. The van der Waals surface area contributed by atoms with Gasteiger partial charge in [0.05, 0.1) is 18.3 Å².